The van der Waals surface area contributed by atoms with Gasteiger partial charge in [0.2, 0.25) is 6.41 Å². The average molecular weight is 529 g/mol. The Hall–Kier alpha value is -3.64. The van der Waals surface area contributed by atoms with E-state index in [0.717, 1.165) is 21.9 Å². The Labute approximate surface area is 210 Å². The lowest BCUT2D eigenvalue weighted by Crippen LogP contribution is -2.48. The zero-order valence-corrected chi connectivity index (χ0v) is 20.8. The molecule has 0 saturated carbocycles. The quantitative estimate of drug-likeness (QED) is 0.302. The lowest BCUT2D eigenvalue weighted by Gasteiger charge is -2.33. The van der Waals surface area contributed by atoms with Gasteiger partial charge in [-0.05, 0) is 52.0 Å². The summed E-state index contributed by atoms with van der Waals surface area (Å²) in [6.45, 7) is 6.04. The molecule has 1 saturated heterocycles. The van der Waals surface area contributed by atoms with E-state index in [1.54, 1.807) is 27.7 Å². The second-order valence-corrected chi connectivity index (χ2v) is 9.44. The maximum Gasteiger partial charge on any atom is 0.416 e. The highest BCUT2D eigenvalue weighted by molar-refractivity contribution is 5.89. The monoisotopic (exact) mass is 528 g/mol. The number of alkyl halides is 4. The summed E-state index contributed by atoms with van der Waals surface area (Å²) in [6, 6.07) is 4.11. The van der Waals surface area contributed by atoms with Crippen LogP contribution in [0.5, 0.6) is 0 Å². The third kappa shape index (κ3) is 6.77. The van der Waals surface area contributed by atoms with Gasteiger partial charge in [-0.2, -0.15) is 18.3 Å². The highest BCUT2D eigenvalue weighted by atomic mass is 19.4. The number of aromatic nitrogens is 2. The van der Waals surface area contributed by atoms with E-state index in [1.165, 1.54) is 23.0 Å². The van der Waals surface area contributed by atoms with Crippen molar-refractivity contribution < 1.29 is 41.4 Å². The highest BCUT2D eigenvalue weighted by Crippen LogP contribution is 2.30. The molecule has 1 fully saturated rings. The van der Waals surface area contributed by atoms with Crippen LogP contribution in [0, 0.1) is 0 Å². The van der Waals surface area contributed by atoms with E-state index in [-0.39, 0.29) is 43.1 Å². The third-order valence-electron chi connectivity index (χ3n) is 5.44. The highest BCUT2D eigenvalue weighted by Gasteiger charge is 2.41. The van der Waals surface area contributed by atoms with Crippen LogP contribution in [0.15, 0.2) is 30.5 Å². The molecule has 13 heteroatoms. The van der Waals surface area contributed by atoms with Crippen molar-refractivity contribution in [2.75, 3.05) is 13.2 Å². The van der Waals surface area contributed by atoms with Gasteiger partial charge >= 0.3 is 18.2 Å². The molecule has 2 amide bonds. The summed E-state index contributed by atoms with van der Waals surface area (Å²) in [6.07, 6.45) is -6.10. The number of benzene rings is 1. The van der Waals surface area contributed by atoms with E-state index in [2.05, 4.69) is 5.10 Å². The molecule has 1 aliphatic rings. The maximum atomic E-state index is 14.3. The van der Waals surface area contributed by atoms with Gasteiger partial charge in [-0.1, -0.05) is 0 Å². The minimum Gasteiger partial charge on any atom is -0.461 e. The van der Waals surface area contributed by atoms with Crippen LogP contribution in [0.4, 0.5) is 22.4 Å². The number of esters is 1. The van der Waals surface area contributed by atoms with Crippen molar-refractivity contribution in [3.8, 4) is 5.69 Å². The Morgan fingerprint density at radius 2 is 1.84 bits per heavy atom. The summed E-state index contributed by atoms with van der Waals surface area (Å²) in [7, 11) is 0. The SMILES string of the molecule is CCOC(=O)c1nn(-c2ccc(C(F)(F)F)cc2)cc1CN(C=O)[C@@H]1C[C@@H](F)CN1C(=O)OC(C)(C)C. The molecule has 0 spiro atoms. The molecule has 9 nitrogen and oxygen atoms in total. The first kappa shape index (κ1) is 27.9. The van der Waals surface area contributed by atoms with Crippen molar-refractivity contribution in [3.05, 3.63) is 47.3 Å². The zero-order chi connectivity index (χ0) is 27.5. The van der Waals surface area contributed by atoms with Crippen molar-refractivity contribution >= 4 is 18.5 Å². The Bertz CT molecular complexity index is 1130. The van der Waals surface area contributed by atoms with Gasteiger partial charge in [0.15, 0.2) is 5.69 Å². The Balaban J connectivity index is 1.93. The minimum atomic E-state index is -4.52. The summed E-state index contributed by atoms with van der Waals surface area (Å²) in [5.74, 6) is -0.812. The Kier molecular flexibility index (Phi) is 8.13. The van der Waals surface area contributed by atoms with Gasteiger partial charge in [-0.25, -0.2) is 18.7 Å². The van der Waals surface area contributed by atoms with Crippen LogP contribution < -0.4 is 0 Å². The van der Waals surface area contributed by atoms with E-state index < -0.39 is 41.7 Å². The summed E-state index contributed by atoms with van der Waals surface area (Å²) in [4.78, 5) is 39.5. The lowest BCUT2D eigenvalue weighted by molar-refractivity contribution is -0.137. The van der Waals surface area contributed by atoms with E-state index in [9.17, 15) is 31.9 Å². The molecule has 0 N–H and O–H groups in total. The van der Waals surface area contributed by atoms with E-state index >= 15 is 0 Å². The van der Waals surface area contributed by atoms with Crippen molar-refractivity contribution in [1.29, 1.82) is 0 Å². The van der Waals surface area contributed by atoms with Gasteiger partial charge in [0.05, 0.1) is 30.9 Å². The number of ether oxygens (including phenoxy) is 2. The van der Waals surface area contributed by atoms with Crippen LogP contribution in [0.3, 0.4) is 0 Å². The number of carbonyl (C=O) groups excluding carboxylic acids is 3. The fraction of sp³-hybridized carbons (Fsp3) is 0.500. The molecule has 2 atom stereocenters. The summed E-state index contributed by atoms with van der Waals surface area (Å²) in [5, 5.41) is 4.16. The Morgan fingerprint density at radius 1 is 1.19 bits per heavy atom. The van der Waals surface area contributed by atoms with Gasteiger partial charge in [0.25, 0.3) is 0 Å². The number of hydrogen-bond donors (Lipinski definition) is 0. The van der Waals surface area contributed by atoms with Crippen LogP contribution in [0.1, 0.15) is 55.7 Å². The third-order valence-corrected chi connectivity index (χ3v) is 5.44. The number of hydrogen-bond acceptors (Lipinski definition) is 6. The second kappa shape index (κ2) is 10.8. The molecule has 37 heavy (non-hydrogen) atoms. The Morgan fingerprint density at radius 3 is 2.38 bits per heavy atom. The first-order chi connectivity index (χ1) is 17.2. The normalized spacial score (nSPS) is 18.0. The van der Waals surface area contributed by atoms with Crippen LogP contribution >= 0.6 is 0 Å². The predicted octanol–water partition coefficient (Wildman–Crippen LogP) is 4.33. The first-order valence-corrected chi connectivity index (χ1v) is 11.5. The molecule has 0 bridgehead atoms. The molecule has 1 aliphatic heterocycles. The fourth-order valence-electron chi connectivity index (χ4n) is 3.84. The number of nitrogens with zero attached hydrogens (tertiary/aromatic N) is 4. The minimum absolute atomic E-state index is 0.0292. The lowest BCUT2D eigenvalue weighted by atomic mass is 10.2. The van der Waals surface area contributed by atoms with Gasteiger partial charge in [0, 0.05) is 18.2 Å². The van der Waals surface area contributed by atoms with Gasteiger partial charge < -0.3 is 14.4 Å². The fourth-order valence-corrected chi connectivity index (χ4v) is 3.84. The number of amides is 2. The molecular weight excluding hydrogens is 500 g/mol. The van der Waals surface area contributed by atoms with Crippen molar-refractivity contribution in [3.63, 3.8) is 0 Å². The molecule has 3 rings (SSSR count). The zero-order valence-electron chi connectivity index (χ0n) is 20.8. The molecular formula is C24H28F4N4O5. The molecule has 2 heterocycles. The maximum absolute atomic E-state index is 14.3. The van der Waals surface area contributed by atoms with Crippen molar-refractivity contribution in [2.24, 2.45) is 0 Å². The van der Waals surface area contributed by atoms with E-state index in [1.807, 2.05) is 0 Å². The van der Waals surface area contributed by atoms with Crippen LogP contribution in [-0.2, 0) is 27.0 Å². The number of likely N-dealkylation sites (tertiary alicyclic amines) is 1. The molecule has 1 aromatic heterocycles. The standard InChI is InChI=1S/C24H28F4N4O5/c1-5-36-21(34)20-15(12-32(29-20)18-8-6-16(7-9-18)24(26,27)28)11-30(14-33)19-10-17(25)13-31(19)22(35)37-23(2,3)4/h6-9,12,14,17,19H,5,10-11,13H2,1-4H3/t17-,19+/m1/s1. The predicted molar refractivity (Wildman–Crippen MR) is 122 cm³/mol. The number of carbonyl (C=O) groups is 3. The van der Waals surface area contributed by atoms with Crippen LogP contribution in [-0.4, -0.2) is 69.1 Å². The molecule has 1 aromatic carbocycles. The average Bonchev–Trinajstić information content (AvgIpc) is 3.40. The van der Waals surface area contributed by atoms with Crippen LogP contribution in [0.25, 0.3) is 5.69 Å². The molecule has 0 unspecified atom stereocenters. The molecule has 0 aliphatic carbocycles. The summed E-state index contributed by atoms with van der Waals surface area (Å²) < 4.78 is 64.7. The van der Waals surface area contributed by atoms with Gasteiger partial charge in [-0.15, -0.1) is 0 Å². The van der Waals surface area contributed by atoms with Gasteiger partial charge in [-0.3, -0.25) is 9.69 Å². The summed E-state index contributed by atoms with van der Waals surface area (Å²) in [5.41, 5.74) is -1.46. The smallest absolute Gasteiger partial charge is 0.416 e. The molecule has 0 radical (unpaired) electrons. The van der Waals surface area contributed by atoms with Gasteiger partial charge in [0.1, 0.15) is 17.9 Å². The first-order valence-electron chi connectivity index (χ1n) is 11.5. The van der Waals surface area contributed by atoms with Crippen molar-refractivity contribution in [1.82, 2.24) is 19.6 Å². The molecule has 202 valence electrons. The summed E-state index contributed by atoms with van der Waals surface area (Å²) >= 11 is 0. The van der Waals surface area contributed by atoms with Crippen molar-refractivity contribution in [2.45, 2.75) is 64.8 Å². The number of halogens is 4. The van der Waals surface area contributed by atoms with E-state index in [4.69, 9.17) is 9.47 Å². The van der Waals surface area contributed by atoms with E-state index in [0.29, 0.717) is 6.41 Å². The largest absolute Gasteiger partial charge is 0.461 e. The van der Waals surface area contributed by atoms with Crippen LogP contribution in [0.2, 0.25) is 0 Å². The second-order valence-electron chi connectivity index (χ2n) is 9.44. The molecule has 2 aromatic rings. The number of rotatable bonds is 7. The topological polar surface area (TPSA) is 94.0 Å².